The minimum absolute atomic E-state index is 0.0531. The Bertz CT molecular complexity index is 525. The highest BCUT2D eigenvalue weighted by Gasteiger charge is 2.12. The molecule has 1 aromatic carbocycles. The van der Waals surface area contributed by atoms with Gasteiger partial charge in [-0.05, 0) is 17.7 Å². The fourth-order valence-electron chi connectivity index (χ4n) is 1.44. The molecule has 20 heavy (non-hydrogen) atoms. The third-order valence-corrected chi connectivity index (χ3v) is 2.50. The summed E-state index contributed by atoms with van der Waals surface area (Å²) in [5, 5.41) is 31.2. The van der Waals surface area contributed by atoms with Crippen LogP contribution in [0, 0.1) is 11.3 Å². The number of carboxylic acids is 1. The largest absolute Gasteiger partial charge is 0.479 e. The SMILES string of the molecule is N#Cc1cccc(CNC(=O)NCCC(O)C(=O)O)c1. The van der Waals surface area contributed by atoms with Gasteiger partial charge in [-0.25, -0.2) is 9.59 Å². The van der Waals surface area contributed by atoms with Gasteiger partial charge in [0.1, 0.15) is 0 Å². The van der Waals surface area contributed by atoms with Crippen LogP contribution in [0.3, 0.4) is 0 Å². The third kappa shape index (κ3) is 5.37. The van der Waals surface area contributed by atoms with E-state index in [1.54, 1.807) is 24.3 Å². The second kappa shape index (κ2) is 7.76. The molecule has 2 amide bonds. The van der Waals surface area contributed by atoms with Crippen molar-refractivity contribution in [3.05, 3.63) is 35.4 Å². The molecule has 1 atom stereocenters. The molecule has 0 radical (unpaired) electrons. The average molecular weight is 277 g/mol. The molecule has 1 unspecified atom stereocenters. The van der Waals surface area contributed by atoms with Crippen molar-refractivity contribution in [1.82, 2.24) is 10.6 Å². The number of aliphatic carboxylic acids is 1. The van der Waals surface area contributed by atoms with Gasteiger partial charge in [-0.1, -0.05) is 12.1 Å². The first kappa shape index (κ1) is 15.5. The van der Waals surface area contributed by atoms with Crippen molar-refractivity contribution >= 4 is 12.0 Å². The van der Waals surface area contributed by atoms with Gasteiger partial charge in [0.25, 0.3) is 0 Å². The molecule has 0 aliphatic carbocycles. The summed E-state index contributed by atoms with van der Waals surface area (Å²) in [6.45, 7) is 0.306. The van der Waals surface area contributed by atoms with Crippen LogP contribution < -0.4 is 10.6 Å². The quantitative estimate of drug-likeness (QED) is 0.591. The van der Waals surface area contributed by atoms with Crippen LogP contribution in [0.25, 0.3) is 0 Å². The molecule has 7 nitrogen and oxygen atoms in total. The summed E-state index contributed by atoms with van der Waals surface area (Å²) in [6, 6.07) is 8.35. The lowest BCUT2D eigenvalue weighted by atomic mass is 10.1. The van der Waals surface area contributed by atoms with Crippen molar-refractivity contribution in [3.8, 4) is 6.07 Å². The zero-order chi connectivity index (χ0) is 15.0. The molecule has 106 valence electrons. The van der Waals surface area contributed by atoms with Crippen LogP contribution in [-0.2, 0) is 11.3 Å². The molecule has 0 fully saturated rings. The Kier molecular flexibility index (Phi) is 6.00. The number of nitrogens with one attached hydrogen (secondary N) is 2. The highest BCUT2D eigenvalue weighted by atomic mass is 16.4. The van der Waals surface area contributed by atoms with Gasteiger partial charge in [0.15, 0.2) is 6.10 Å². The van der Waals surface area contributed by atoms with Gasteiger partial charge >= 0.3 is 12.0 Å². The molecule has 0 bridgehead atoms. The number of nitriles is 1. The number of nitrogens with zero attached hydrogens (tertiary/aromatic N) is 1. The lowest BCUT2D eigenvalue weighted by Gasteiger charge is -2.09. The van der Waals surface area contributed by atoms with Crippen LogP contribution in [0.5, 0.6) is 0 Å². The van der Waals surface area contributed by atoms with E-state index >= 15 is 0 Å². The third-order valence-electron chi connectivity index (χ3n) is 2.50. The van der Waals surface area contributed by atoms with Gasteiger partial charge in [0.05, 0.1) is 11.6 Å². The van der Waals surface area contributed by atoms with E-state index in [-0.39, 0.29) is 19.5 Å². The summed E-state index contributed by atoms with van der Waals surface area (Å²) in [5.41, 5.74) is 1.29. The zero-order valence-electron chi connectivity index (χ0n) is 10.7. The van der Waals surface area contributed by atoms with Crippen LogP contribution >= 0.6 is 0 Å². The lowest BCUT2D eigenvalue weighted by molar-refractivity contribution is -0.146. The van der Waals surface area contributed by atoms with Gasteiger partial charge in [-0.3, -0.25) is 0 Å². The predicted molar refractivity (Wildman–Crippen MR) is 69.7 cm³/mol. The van der Waals surface area contributed by atoms with Crippen molar-refractivity contribution in [2.24, 2.45) is 0 Å². The summed E-state index contributed by atoms with van der Waals surface area (Å²) < 4.78 is 0. The normalized spacial score (nSPS) is 11.2. The predicted octanol–water partition coefficient (Wildman–Crippen LogP) is 0.193. The van der Waals surface area contributed by atoms with Crippen molar-refractivity contribution in [2.45, 2.75) is 19.1 Å². The number of hydrogen-bond donors (Lipinski definition) is 4. The first-order chi connectivity index (χ1) is 9.52. The maximum atomic E-state index is 11.4. The average Bonchev–Trinajstić information content (AvgIpc) is 2.45. The first-order valence-electron chi connectivity index (χ1n) is 5.94. The van der Waals surface area contributed by atoms with E-state index in [1.165, 1.54) is 0 Å². The smallest absolute Gasteiger partial charge is 0.332 e. The van der Waals surface area contributed by atoms with Crippen LogP contribution in [0.15, 0.2) is 24.3 Å². The number of hydrogen-bond acceptors (Lipinski definition) is 4. The number of aliphatic hydroxyl groups excluding tert-OH is 1. The van der Waals surface area contributed by atoms with E-state index in [0.29, 0.717) is 5.56 Å². The summed E-state index contributed by atoms with van der Waals surface area (Å²) >= 11 is 0. The van der Waals surface area contributed by atoms with E-state index in [1.807, 2.05) is 6.07 Å². The highest BCUT2D eigenvalue weighted by molar-refractivity contribution is 5.74. The Morgan fingerprint density at radius 2 is 2.10 bits per heavy atom. The standard InChI is InChI=1S/C13H15N3O4/c14-7-9-2-1-3-10(6-9)8-16-13(20)15-5-4-11(17)12(18)19/h1-3,6,11,17H,4-5,8H2,(H,18,19)(H2,15,16,20). The number of amides is 2. The molecule has 0 heterocycles. The molecule has 1 aromatic rings. The number of rotatable bonds is 6. The van der Waals surface area contributed by atoms with Gasteiger partial charge in [-0.15, -0.1) is 0 Å². The van der Waals surface area contributed by atoms with Gasteiger partial charge in [0, 0.05) is 19.5 Å². The number of carbonyl (C=O) groups excluding carboxylic acids is 1. The Morgan fingerprint density at radius 1 is 1.35 bits per heavy atom. The Hall–Kier alpha value is -2.59. The molecule has 0 spiro atoms. The lowest BCUT2D eigenvalue weighted by Crippen LogP contribution is -2.37. The van der Waals surface area contributed by atoms with Gasteiger partial charge in [-0.2, -0.15) is 5.26 Å². The van der Waals surface area contributed by atoms with Crippen LogP contribution in [0.4, 0.5) is 4.79 Å². The number of carbonyl (C=O) groups is 2. The van der Waals surface area contributed by atoms with E-state index in [9.17, 15) is 9.59 Å². The zero-order valence-corrected chi connectivity index (χ0v) is 10.7. The first-order valence-corrected chi connectivity index (χ1v) is 5.94. The fourth-order valence-corrected chi connectivity index (χ4v) is 1.44. The second-order valence-corrected chi connectivity index (χ2v) is 4.06. The van der Waals surface area contributed by atoms with E-state index < -0.39 is 18.1 Å². The number of aliphatic hydroxyl groups is 1. The number of urea groups is 1. The monoisotopic (exact) mass is 277 g/mol. The van der Waals surface area contributed by atoms with Crippen molar-refractivity contribution in [2.75, 3.05) is 6.54 Å². The topological polar surface area (TPSA) is 122 Å². The molecular formula is C13H15N3O4. The molecular weight excluding hydrogens is 262 g/mol. The molecule has 4 N–H and O–H groups in total. The molecule has 1 rings (SSSR count). The van der Waals surface area contributed by atoms with Gasteiger partial charge in [0.2, 0.25) is 0 Å². The second-order valence-electron chi connectivity index (χ2n) is 4.06. The Balaban J connectivity index is 2.29. The Morgan fingerprint density at radius 3 is 2.75 bits per heavy atom. The summed E-state index contributed by atoms with van der Waals surface area (Å²) in [7, 11) is 0. The summed E-state index contributed by atoms with van der Waals surface area (Å²) in [6.07, 6.45) is -1.55. The maximum absolute atomic E-state index is 11.4. The number of benzene rings is 1. The van der Waals surface area contributed by atoms with Crippen molar-refractivity contribution in [1.29, 1.82) is 5.26 Å². The number of carboxylic acid groups (broad SMARTS) is 1. The molecule has 0 aliphatic rings. The fraction of sp³-hybridized carbons (Fsp3) is 0.308. The summed E-state index contributed by atoms with van der Waals surface area (Å²) in [5.74, 6) is -1.32. The molecule has 7 heteroatoms. The molecule has 0 saturated carbocycles. The van der Waals surface area contributed by atoms with Crippen LogP contribution in [-0.4, -0.2) is 34.9 Å². The minimum atomic E-state index is -1.48. The van der Waals surface area contributed by atoms with E-state index in [0.717, 1.165) is 5.56 Å². The van der Waals surface area contributed by atoms with Crippen LogP contribution in [0.1, 0.15) is 17.5 Å². The molecule has 0 aliphatic heterocycles. The van der Waals surface area contributed by atoms with Crippen molar-refractivity contribution in [3.63, 3.8) is 0 Å². The molecule has 0 saturated heterocycles. The van der Waals surface area contributed by atoms with E-state index in [2.05, 4.69) is 10.6 Å². The maximum Gasteiger partial charge on any atom is 0.332 e. The van der Waals surface area contributed by atoms with Crippen LogP contribution in [0.2, 0.25) is 0 Å². The Labute approximate surface area is 115 Å². The van der Waals surface area contributed by atoms with Crippen molar-refractivity contribution < 1.29 is 19.8 Å². The molecule has 0 aromatic heterocycles. The van der Waals surface area contributed by atoms with Gasteiger partial charge < -0.3 is 20.8 Å². The summed E-state index contributed by atoms with van der Waals surface area (Å²) in [4.78, 5) is 21.7. The minimum Gasteiger partial charge on any atom is -0.479 e. The van der Waals surface area contributed by atoms with E-state index in [4.69, 9.17) is 15.5 Å². The highest BCUT2D eigenvalue weighted by Crippen LogP contribution is 2.03.